The fourth-order valence-electron chi connectivity index (χ4n) is 2.18. The molecule has 4 nitrogen and oxygen atoms in total. The predicted molar refractivity (Wildman–Crippen MR) is 86.6 cm³/mol. The van der Waals surface area contributed by atoms with Gasteiger partial charge >= 0.3 is 0 Å². The number of nitrogens with zero attached hydrogens (tertiary/aromatic N) is 2. The minimum Gasteiger partial charge on any atom is -0.370 e. The smallest absolute Gasteiger partial charge is 0.135 e. The van der Waals surface area contributed by atoms with Gasteiger partial charge in [0.2, 0.25) is 0 Å². The second kappa shape index (κ2) is 6.70. The van der Waals surface area contributed by atoms with E-state index in [0.29, 0.717) is 5.92 Å². The van der Waals surface area contributed by atoms with Crippen molar-refractivity contribution < 1.29 is 0 Å². The summed E-state index contributed by atoms with van der Waals surface area (Å²) in [5, 5.41) is 8.93. The molecule has 0 bridgehead atoms. The van der Waals surface area contributed by atoms with Crippen molar-refractivity contribution in [1.82, 2.24) is 9.97 Å². The summed E-state index contributed by atoms with van der Waals surface area (Å²) in [6.45, 7) is 9.43. The lowest BCUT2D eigenvalue weighted by molar-refractivity contribution is 0.824. The van der Waals surface area contributed by atoms with E-state index in [2.05, 4.69) is 65.8 Å². The summed E-state index contributed by atoms with van der Waals surface area (Å²) in [6, 6.07) is 4.46. The molecule has 0 aliphatic heterocycles. The average molecular weight is 290 g/mol. The maximum atomic E-state index is 4.44. The van der Waals surface area contributed by atoms with Crippen LogP contribution in [0.4, 0.5) is 11.6 Å². The number of hydrogen-bond acceptors (Lipinski definition) is 5. The van der Waals surface area contributed by atoms with Crippen LogP contribution in [-0.2, 0) is 0 Å². The Balaban J connectivity index is 2.28. The van der Waals surface area contributed by atoms with Crippen LogP contribution >= 0.6 is 11.3 Å². The maximum absolute atomic E-state index is 4.44. The highest BCUT2D eigenvalue weighted by Crippen LogP contribution is 2.31. The lowest BCUT2D eigenvalue weighted by atomic mass is 10.0. The Morgan fingerprint density at radius 2 is 1.95 bits per heavy atom. The SMILES string of the molecule is CCNc1ncnc(NC(C)c2cccs2)c1C(C)C. The summed E-state index contributed by atoms with van der Waals surface area (Å²) in [6.07, 6.45) is 1.62. The molecule has 0 fully saturated rings. The molecule has 1 unspecified atom stereocenters. The van der Waals surface area contributed by atoms with Crippen molar-refractivity contribution in [3.63, 3.8) is 0 Å². The van der Waals surface area contributed by atoms with Crippen LogP contribution in [-0.4, -0.2) is 16.5 Å². The molecule has 20 heavy (non-hydrogen) atoms. The molecule has 108 valence electrons. The molecule has 2 N–H and O–H groups in total. The monoisotopic (exact) mass is 290 g/mol. The molecule has 2 rings (SSSR count). The standard InChI is InChI=1S/C15H22N4S/c1-5-16-14-13(10(2)3)15(18-9-17-14)19-11(4)12-7-6-8-20-12/h6-11H,5H2,1-4H3,(H2,16,17,18,19). The third-order valence-corrected chi connectivity index (χ3v) is 4.18. The van der Waals surface area contributed by atoms with Gasteiger partial charge in [-0.1, -0.05) is 19.9 Å². The Labute approximate surface area is 124 Å². The fraction of sp³-hybridized carbons (Fsp3) is 0.467. The van der Waals surface area contributed by atoms with Gasteiger partial charge < -0.3 is 10.6 Å². The third-order valence-electron chi connectivity index (χ3n) is 3.13. The molecule has 2 aromatic heterocycles. The lowest BCUT2D eigenvalue weighted by Crippen LogP contribution is -2.13. The largest absolute Gasteiger partial charge is 0.370 e. The van der Waals surface area contributed by atoms with E-state index in [1.165, 1.54) is 4.88 Å². The molecule has 0 radical (unpaired) electrons. The normalized spacial score (nSPS) is 12.4. The second-order valence-corrected chi connectivity index (χ2v) is 6.03. The molecule has 0 saturated carbocycles. The van der Waals surface area contributed by atoms with Crippen LogP contribution in [0.1, 0.15) is 50.1 Å². The quantitative estimate of drug-likeness (QED) is 0.834. The van der Waals surface area contributed by atoms with E-state index in [1.54, 1.807) is 17.7 Å². The summed E-state index contributed by atoms with van der Waals surface area (Å²) in [5.74, 6) is 2.22. The first-order valence-corrected chi connectivity index (χ1v) is 7.90. The Hall–Kier alpha value is -1.62. The highest BCUT2D eigenvalue weighted by Gasteiger charge is 2.16. The molecule has 0 amide bonds. The summed E-state index contributed by atoms with van der Waals surface area (Å²) < 4.78 is 0. The molecule has 0 aliphatic carbocycles. The fourth-order valence-corrected chi connectivity index (χ4v) is 2.91. The zero-order valence-electron chi connectivity index (χ0n) is 12.5. The van der Waals surface area contributed by atoms with Crippen molar-refractivity contribution in [2.24, 2.45) is 0 Å². The zero-order chi connectivity index (χ0) is 14.5. The molecule has 0 aliphatic rings. The number of thiophene rings is 1. The Morgan fingerprint density at radius 3 is 2.55 bits per heavy atom. The van der Waals surface area contributed by atoms with Gasteiger partial charge in [0.1, 0.15) is 18.0 Å². The van der Waals surface area contributed by atoms with Gasteiger partial charge in [0.25, 0.3) is 0 Å². The first-order chi connectivity index (χ1) is 9.63. The number of rotatable bonds is 6. The van der Waals surface area contributed by atoms with Gasteiger partial charge in [-0.3, -0.25) is 0 Å². The van der Waals surface area contributed by atoms with Crippen LogP contribution in [0.15, 0.2) is 23.8 Å². The molecule has 5 heteroatoms. The molecule has 0 aromatic carbocycles. The lowest BCUT2D eigenvalue weighted by Gasteiger charge is -2.20. The van der Waals surface area contributed by atoms with Crippen LogP contribution in [0, 0.1) is 0 Å². The minimum absolute atomic E-state index is 0.247. The van der Waals surface area contributed by atoms with Crippen molar-refractivity contribution >= 4 is 23.0 Å². The van der Waals surface area contributed by atoms with Gasteiger partial charge in [0.05, 0.1) is 6.04 Å². The number of hydrogen-bond donors (Lipinski definition) is 2. The number of nitrogens with one attached hydrogen (secondary N) is 2. The van der Waals surface area contributed by atoms with Crippen molar-refractivity contribution in [1.29, 1.82) is 0 Å². The molecule has 2 aromatic rings. The summed E-state index contributed by atoms with van der Waals surface area (Å²) in [4.78, 5) is 10.1. The van der Waals surface area contributed by atoms with E-state index in [4.69, 9.17) is 0 Å². The second-order valence-electron chi connectivity index (χ2n) is 5.05. The molecule has 0 saturated heterocycles. The Kier molecular flexibility index (Phi) is 4.95. The molecule has 2 heterocycles. The first kappa shape index (κ1) is 14.8. The Morgan fingerprint density at radius 1 is 1.20 bits per heavy atom. The minimum atomic E-state index is 0.247. The van der Waals surface area contributed by atoms with E-state index in [-0.39, 0.29) is 6.04 Å². The highest BCUT2D eigenvalue weighted by molar-refractivity contribution is 7.10. The third kappa shape index (κ3) is 3.28. The van der Waals surface area contributed by atoms with E-state index >= 15 is 0 Å². The average Bonchev–Trinajstić information content (AvgIpc) is 2.92. The van der Waals surface area contributed by atoms with Crippen LogP contribution in [0.2, 0.25) is 0 Å². The van der Waals surface area contributed by atoms with E-state index < -0.39 is 0 Å². The molecular formula is C15H22N4S. The topological polar surface area (TPSA) is 49.8 Å². The van der Waals surface area contributed by atoms with Crippen LogP contribution in [0.5, 0.6) is 0 Å². The summed E-state index contributed by atoms with van der Waals surface area (Å²) in [7, 11) is 0. The first-order valence-electron chi connectivity index (χ1n) is 7.02. The maximum Gasteiger partial charge on any atom is 0.135 e. The zero-order valence-corrected chi connectivity index (χ0v) is 13.3. The number of aromatic nitrogens is 2. The molecule has 0 spiro atoms. The summed E-state index contributed by atoms with van der Waals surface area (Å²) >= 11 is 1.76. The van der Waals surface area contributed by atoms with Crippen molar-refractivity contribution in [3.8, 4) is 0 Å². The van der Waals surface area contributed by atoms with Gasteiger partial charge in [0.15, 0.2) is 0 Å². The van der Waals surface area contributed by atoms with Crippen LogP contribution in [0.25, 0.3) is 0 Å². The molecular weight excluding hydrogens is 268 g/mol. The van der Waals surface area contributed by atoms with E-state index in [9.17, 15) is 0 Å². The van der Waals surface area contributed by atoms with E-state index in [0.717, 1.165) is 23.7 Å². The number of anilines is 2. The van der Waals surface area contributed by atoms with Gasteiger partial charge in [-0.2, -0.15) is 0 Å². The van der Waals surface area contributed by atoms with Gasteiger partial charge in [-0.15, -0.1) is 11.3 Å². The van der Waals surface area contributed by atoms with Gasteiger partial charge in [-0.25, -0.2) is 9.97 Å². The van der Waals surface area contributed by atoms with Crippen molar-refractivity contribution in [2.75, 3.05) is 17.2 Å². The van der Waals surface area contributed by atoms with Crippen molar-refractivity contribution in [3.05, 3.63) is 34.3 Å². The van der Waals surface area contributed by atoms with E-state index in [1.807, 2.05) is 0 Å². The van der Waals surface area contributed by atoms with Gasteiger partial charge in [0, 0.05) is 17.0 Å². The van der Waals surface area contributed by atoms with Crippen molar-refractivity contribution in [2.45, 2.75) is 39.7 Å². The van der Waals surface area contributed by atoms with Gasteiger partial charge in [-0.05, 0) is 31.2 Å². The van der Waals surface area contributed by atoms with Crippen LogP contribution < -0.4 is 10.6 Å². The van der Waals surface area contributed by atoms with Crippen LogP contribution in [0.3, 0.4) is 0 Å². The molecule has 1 atom stereocenters. The summed E-state index contributed by atoms with van der Waals surface area (Å²) in [5.41, 5.74) is 1.15. The predicted octanol–water partition coefficient (Wildman–Crippen LogP) is 4.27. The highest BCUT2D eigenvalue weighted by atomic mass is 32.1. The Bertz CT molecular complexity index is 537.